The minimum absolute atomic E-state index is 0.00144. The molecule has 2 nitrogen and oxygen atoms in total. The normalized spacial score (nSPS) is 12.6. The Hall–Kier alpha value is -0.630. The Labute approximate surface area is 68.5 Å². The molecule has 0 aliphatic carbocycles. The van der Waals surface area contributed by atoms with Gasteiger partial charge < -0.3 is 5.73 Å². The van der Waals surface area contributed by atoms with Gasteiger partial charge in [-0.1, -0.05) is 26.3 Å². The van der Waals surface area contributed by atoms with Crippen molar-refractivity contribution in [3.63, 3.8) is 0 Å². The summed E-state index contributed by atoms with van der Waals surface area (Å²) in [5.74, 6) is -0.00144. The van der Waals surface area contributed by atoms with Gasteiger partial charge in [-0.2, -0.15) is 0 Å². The van der Waals surface area contributed by atoms with E-state index in [2.05, 4.69) is 13.5 Å². The standard InChI is InChI=1S/C9H17NO/c1-4-5-6-8(10)9(11)7(2)3/h8H,2,4-6,10H2,1,3H3. The van der Waals surface area contributed by atoms with E-state index in [1.54, 1.807) is 6.92 Å². The molecule has 0 spiro atoms. The summed E-state index contributed by atoms with van der Waals surface area (Å²) in [6.07, 6.45) is 2.87. The SMILES string of the molecule is C=C(C)C(=O)C(N)CCCC. The molecule has 1 atom stereocenters. The van der Waals surface area contributed by atoms with Crippen LogP contribution in [0.2, 0.25) is 0 Å². The molecule has 0 aromatic carbocycles. The van der Waals surface area contributed by atoms with E-state index in [1.165, 1.54) is 0 Å². The third-order valence-electron chi connectivity index (χ3n) is 1.63. The maximum absolute atomic E-state index is 11.1. The minimum Gasteiger partial charge on any atom is -0.321 e. The van der Waals surface area contributed by atoms with Crippen LogP contribution in [0.25, 0.3) is 0 Å². The average Bonchev–Trinajstić information content (AvgIpc) is 1.98. The molecule has 0 aliphatic heterocycles. The number of hydrogen-bond donors (Lipinski definition) is 1. The van der Waals surface area contributed by atoms with E-state index in [-0.39, 0.29) is 11.8 Å². The summed E-state index contributed by atoms with van der Waals surface area (Å²) >= 11 is 0. The van der Waals surface area contributed by atoms with Gasteiger partial charge in [0.25, 0.3) is 0 Å². The molecule has 11 heavy (non-hydrogen) atoms. The summed E-state index contributed by atoms with van der Waals surface area (Å²) in [6.45, 7) is 7.34. The summed E-state index contributed by atoms with van der Waals surface area (Å²) in [5.41, 5.74) is 6.16. The lowest BCUT2D eigenvalue weighted by Gasteiger charge is -2.08. The van der Waals surface area contributed by atoms with Gasteiger partial charge in [-0.3, -0.25) is 4.79 Å². The highest BCUT2D eigenvalue weighted by Gasteiger charge is 2.12. The monoisotopic (exact) mass is 155 g/mol. The number of unbranched alkanes of at least 4 members (excludes halogenated alkanes) is 1. The molecule has 0 aliphatic rings. The third kappa shape index (κ3) is 3.94. The Balaban J connectivity index is 3.73. The first-order valence-electron chi connectivity index (χ1n) is 4.05. The van der Waals surface area contributed by atoms with Crippen LogP contribution < -0.4 is 5.73 Å². The van der Waals surface area contributed by atoms with Crippen molar-refractivity contribution in [1.82, 2.24) is 0 Å². The molecule has 0 saturated heterocycles. The molecule has 2 N–H and O–H groups in total. The smallest absolute Gasteiger partial charge is 0.174 e. The first kappa shape index (κ1) is 10.4. The summed E-state index contributed by atoms with van der Waals surface area (Å²) in [4.78, 5) is 11.1. The lowest BCUT2D eigenvalue weighted by atomic mass is 10.0. The fourth-order valence-electron chi connectivity index (χ4n) is 0.872. The predicted octanol–water partition coefficient (Wildman–Crippen LogP) is 1.65. The summed E-state index contributed by atoms with van der Waals surface area (Å²) in [6, 6.07) is -0.326. The topological polar surface area (TPSA) is 43.1 Å². The Kier molecular flexibility index (Phi) is 4.79. The van der Waals surface area contributed by atoms with E-state index in [0.29, 0.717) is 5.57 Å². The molecule has 0 rings (SSSR count). The number of rotatable bonds is 5. The van der Waals surface area contributed by atoms with Crippen molar-refractivity contribution in [1.29, 1.82) is 0 Å². The third-order valence-corrected chi connectivity index (χ3v) is 1.63. The van der Waals surface area contributed by atoms with Gasteiger partial charge in [0.15, 0.2) is 5.78 Å². The number of hydrogen-bond acceptors (Lipinski definition) is 2. The van der Waals surface area contributed by atoms with Crippen molar-refractivity contribution in [2.75, 3.05) is 0 Å². The van der Waals surface area contributed by atoms with E-state index in [4.69, 9.17) is 5.73 Å². The van der Waals surface area contributed by atoms with Gasteiger partial charge in [0.1, 0.15) is 0 Å². The second-order valence-electron chi connectivity index (χ2n) is 2.89. The van der Waals surface area contributed by atoms with Gasteiger partial charge in [-0.15, -0.1) is 0 Å². The van der Waals surface area contributed by atoms with Gasteiger partial charge in [-0.05, 0) is 18.9 Å². The fourth-order valence-corrected chi connectivity index (χ4v) is 0.872. The summed E-state index contributed by atoms with van der Waals surface area (Å²) in [5, 5.41) is 0. The molecular weight excluding hydrogens is 138 g/mol. The van der Waals surface area contributed by atoms with Crippen molar-refractivity contribution in [3.05, 3.63) is 12.2 Å². The van der Waals surface area contributed by atoms with Crippen LogP contribution in [0.15, 0.2) is 12.2 Å². The van der Waals surface area contributed by atoms with Crippen molar-refractivity contribution in [2.45, 2.75) is 39.2 Å². The predicted molar refractivity (Wildman–Crippen MR) is 47.3 cm³/mol. The maximum atomic E-state index is 11.1. The van der Waals surface area contributed by atoms with Crippen molar-refractivity contribution in [2.24, 2.45) is 5.73 Å². The molecule has 0 heterocycles. The van der Waals surface area contributed by atoms with Crippen LogP contribution >= 0.6 is 0 Å². The summed E-state index contributed by atoms with van der Waals surface area (Å²) < 4.78 is 0. The molecule has 0 aromatic rings. The first-order chi connectivity index (χ1) is 5.09. The van der Waals surface area contributed by atoms with Crippen molar-refractivity contribution < 1.29 is 4.79 Å². The van der Waals surface area contributed by atoms with E-state index < -0.39 is 0 Å². The highest BCUT2D eigenvalue weighted by molar-refractivity contribution is 5.98. The van der Waals surface area contributed by atoms with E-state index in [9.17, 15) is 4.79 Å². The quantitative estimate of drug-likeness (QED) is 0.613. The molecule has 0 fully saturated rings. The summed E-state index contributed by atoms with van der Waals surface area (Å²) in [7, 11) is 0. The Morgan fingerprint density at radius 2 is 2.18 bits per heavy atom. The number of nitrogens with two attached hydrogens (primary N) is 1. The molecule has 64 valence electrons. The lowest BCUT2D eigenvalue weighted by Crippen LogP contribution is -2.30. The van der Waals surface area contributed by atoms with Crippen LogP contribution in [0.1, 0.15) is 33.1 Å². The second kappa shape index (κ2) is 5.08. The zero-order chi connectivity index (χ0) is 8.85. The van der Waals surface area contributed by atoms with E-state index in [1.807, 2.05) is 0 Å². The van der Waals surface area contributed by atoms with Gasteiger partial charge in [0.2, 0.25) is 0 Å². The zero-order valence-corrected chi connectivity index (χ0v) is 7.39. The van der Waals surface area contributed by atoms with Crippen LogP contribution in [-0.2, 0) is 4.79 Å². The largest absolute Gasteiger partial charge is 0.321 e. The number of ketones is 1. The Morgan fingerprint density at radius 1 is 1.64 bits per heavy atom. The van der Waals surface area contributed by atoms with Crippen LogP contribution in [0.4, 0.5) is 0 Å². The van der Waals surface area contributed by atoms with Crippen molar-refractivity contribution in [3.8, 4) is 0 Å². The van der Waals surface area contributed by atoms with Crippen LogP contribution in [0.5, 0.6) is 0 Å². The lowest BCUT2D eigenvalue weighted by molar-refractivity contribution is -0.116. The molecule has 1 unspecified atom stereocenters. The number of carbonyl (C=O) groups excluding carboxylic acids is 1. The first-order valence-corrected chi connectivity index (χ1v) is 4.05. The molecule has 0 amide bonds. The highest BCUT2D eigenvalue weighted by atomic mass is 16.1. The van der Waals surface area contributed by atoms with Gasteiger partial charge in [-0.25, -0.2) is 0 Å². The van der Waals surface area contributed by atoms with Gasteiger partial charge in [0.05, 0.1) is 6.04 Å². The molecule has 0 radical (unpaired) electrons. The maximum Gasteiger partial charge on any atom is 0.174 e. The molecule has 0 aromatic heterocycles. The number of Topliss-reactive ketones (excluding diaryl/α,β-unsaturated/α-hetero) is 1. The second-order valence-corrected chi connectivity index (χ2v) is 2.89. The van der Waals surface area contributed by atoms with E-state index >= 15 is 0 Å². The van der Waals surface area contributed by atoms with Crippen LogP contribution in [-0.4, -0.2) is 11.8 Å². The van der Waals surface area contributed by atoms with Crippen LogP contribution in [0, 0.1) is 0 Å². The van der Waals surface area contributed by atoms with Crippen LogP contribution in [0.3, 0.4) is 0 Å². The van der Waals surface area contributed by atoms with Gasteiger partial charge in [0, 0.05) is 0 Å². The fraction of sp³-hybridized carbons (Fsp3) is 0.667. The zero-order valence-electron chi connectivity index (χ0n) is 7.39. The molecule has 0 bridgehead atoms. The molecular formula is C9H17NO. The van der Waals surface area contributed by atoms with Crippen molar-refractivity contribution >= 4 is 5.78 Å². The minimum atomic E-state index is -0.326. The number of carbonyl (C=O) groups is 1. The Morgan fingerprint density at radius 3 is 2.55 bits per heavy atom. The highest BCUT2D eigenvalue weighted by Crippen LogP contribution is 2.03. The average molecular weight is 155 g/mol. The van der Waals surface area contributed by atoms with E-state index in [0.717, 1.165) is 19.3 Å². The Bertz CT molecular complexity index is 152. The molecule has 0 saturated carbocycles. The molecule has 2 heteroatoms. The van der Waals surface area contributed by atoms with Gasteiger partial charge >= 0.3 is 0 Å².